The van der Waals surface area contributed by atoms with Gasteiger partial charge in [-0.05, 0) is 50.8 Å². The van der Waals surface area contributed by atoms with Crippen molar-refractivity contribution in [2.45, 2.75) is 45.3 Å². The molecular formula is C15H19NO4. The first-order valence-corrected chi connectivity index (χ1v) is 6.62. The lowest BCUT2D eigenvalue weighted by molar-refractivity contribution is 0.0500. The van der Waals surface area contributed by atoms with Crippen LogP contribution < -0.4 is 5.32 Å². The van der Waals surface area contributed by atoms with E-state index in [-0.39, 0.29) is 11.6 Å². The maximum Gasteiger partial charge on any atom is 0.408 e. The summed E-state index contributed by atoms with van der Waals surface area (Å²) in [7, 11) is 0. The van der Waals surface area contributed by atoms with Crippen LogP contribution in [0.25, 0.3) is 0 Å². The van der Waals surface area contributed by atoms with Gasteiger partial charge in [-0.1, -0.05) is 12.1 Å². The smallest absolute Gasteiger partial charge is 0.408 e. The van der Waals surface area contributed by atoms with Gasteiger partial charge >= 0.3 is 12.1 Å². The average Bonchev–Trinajstić information content (AvgIpc) is 2.69. The molecule has 0 saturated heterocycles. The molecule has 1 aliphatic rings. The fourth-order valence-electron chi connectivity index (χ4n) is 2.47. The van der Waals surface area contributed by atoms with Gasteiger partial charge in [0.2, 0.25) is 0 Å². The molecule has 20 heavy (non-hydrogen) atoms. The third-order valence-corrected chi connectivity index (χ3v) is 3.17. The summed E-state index contributed by atoms with van der Waals surface area (Å²) >= 11 is 0. The Morgan fingerprint density at radius 1 is 1.35 bits per heavy atom. The predicted octanol–water partition coefficient (Wildman–Crippen LogP) is 2.90. The fourth-order valence-corrected chi connectivity index (χ4v) is 2.47. The number of rotatable bonds is 2. The number of nitrogens with one attached hydrogen (secondary N) is 1. The quantitative estimate of drug-likeness (QED) is 0.871. The van der Waals surface area contributed by atoms with Gasteiger partial charge in [-0.3, -0.25) is 0 Å². The Balaban J connectivity index is 2.19. The number of hydrogen-bond acceptors (Lipinski definition) is 3. The molecule has 2 rings (SSSR count). The lowest BCUT2D eigenvalue weighted by atomic mass is 10.0. The van der Waals surface area contributed by atoms with Crippen molar-refractivity contribution in [2.75, 3.05) is 0 Å². The average molecular weight is 277 g/mol. The maximum absolute atomic E-state index is 11.8. The first-order chi connectivity index (χ1) is 9.28. The monoisotopic (exact) mass is 277 g/mol. The summed E-state index contributed by atoms with van der Waals surface area (Å²) in [5.41, 5.74) is 1.36. The molecule has 5 nitrogen and oxygen atoms in total. The number of hydrogen-bond donors (Lipinski definition) is 2. The number of carbonyl (C=O) groups is 2. The van der Waals surface area contributed by atoms with Crippen molar-refractivity contribution in [3.05, 3.63) is 34.9 Å². The number of aromatic carboxylic acids is 1. The number of benzene rings is 1. The number of carboxylic acid groups (broad SMARTS) is 1. The Kier molecular flexibility index (Phi) is 3.70. The van der Waals surface area contributed by atoms with Crippen molar-refractivity contribution >= 4 is 12.1 Å². The van der Waals surface area contributed by atoms with E-state index < -0.39 is 17.7 Å². The summed E-state index contributed by atoms with van der Waals surface area (Å²) in [4.78, 5) is 23.1. The highest BCUT2D eigenvalue weighted by Crippen LogP contribution is 2.34. The van der Waals surface area contributed by atoms with Crippen LogP contribution in [-0.4, -0.2) is 22.8 Å². The molecule has 0 unspecified atom stereocenters. The van der Waals surface area contributed by atoms with Crippen LogP contribution in [0.4, 0.5) is 4.79 Å². The summed E-state index contributed by atoms with van der Waals surface area (Å²) in [6.07, 6.45) is 0.936. The largest absolute Gasteiger partial charge is 0.478 e. The number of carbonyl (C=O) groups excluding carboxylic acids is 1. The zero-order chi connectivity index (χ0) is 14.9. The Bertz CT molecular complexity index is 545. The number of fused-ring (bicyclic) bond motifs is 1. The standard InChI is InChI=1S/C15H19NO4/c1-15(2,3)20-14(19)16-11-8-7-9-5-4-6-10(12(9)11)13(17)18/h4-6,11H,7-8H2,1-3H3,(H,16,19)(H,17,18)/t11-/m1/s1. The SMILES string of the molecule is CC(C)(C)OC(=O)N[C@@H]1CCc2cccc(C(=O)O)c21. The number of ether oxygens (including phenoxy) is 1. The van der Waals surface area contributed by atoms with Gasteiger partial charge in [-0.15, -0.1) is 0 Å². The molecule has 0 radical (unpaired) electrons. The molecule has 1 aromatic carbocycles. The molecule has 1 aromatic rings. The molecule has 0 spiro atoms. The second-order valence-corrected chi connectivity index (χ2v) is 5.92. The van der Waals surface area contributed by atoms with Gasteiger partial charge in [0.05, 0.1) is 11.6 Å². The Morgan fingerprint density at radius 3 is 2.65 bits per heavy atom. The first-order valence-electron chi connectivity index (χ1n) is 6.62. The van der Waals surface area contributed by atoms with E-state index in [1.54, 1.807) is 32.9 Å². The Morgan fingerprint density at radius 2 is 2.05 bits per heavy atom. The molecule has 1 amide bonds. The van der Waals surface area contributed by atoms with Crippen LogP contribution in [0.3, 0.4) is 0 Å². The van der Waals surface area contributed by atoms with Crippen LogP contribution in [0.2, 0.25) is 0 Å². The van der Waals surface area contributed by atoms with Crippen LogP contribution in [-0.2, 0) is 11.2 Å². The highest BCUT2D eigenvalue weighted by molar-refractivity contribution is 5.90. The van der Waals surface area contributed by atoms with Crippen LogP contribution in [0.1, 0.15) is 54.7 Å². The minimum atomic E-state index is -0.972. The van der Waals surface area contributed by atoms with Crippen molar-refractivity contribution in [2.24, 2.45) is 0 Å². The molecule has 108 valence electrons. The number of alkyl carbamates (subject to hydrolysis) is 1. The molecule has 2 N–H and O–H groups in total. The highest BCUT2D eigenvalue weighted by atomic mass is 16.6. The van der Waals surface area contributed by atoms with E-state index in [0.29, 0.717) is 12.0 Å². The van der Waals surface area contributed by atoms with Crippen LogP contribution in [0.5, 0.6) is 0 Å². The number of aryl methyl sites for hydroxylation is 1. The zero-order valence-corrected chi connectivity index (χ0v) is 11.9. The van der Waals surface area contributed by atoms with E-state index >= 15 is 0 Å². The van der Waals surface area contributed by atoms with Crippen molar-refractivity contribution in [1.29, 1.82) is 0 Å². The van der Waals surface area contributed by atoms with E-state index in [0.717, 1.165) is 12.0 Å². The molecule has 5 heteroatoms. The molecule has 0 fully saturated rings. The molecule has 0 saturated carbocycles. The highest BCUT2D eigenvalue weighted by Gasteiger charge is 2.30. The minimum Gasteiger partial charge on any atom is -0.478 e. The number of carboxylic acids is 1. The van der Waals surface area contributed by atoms with Crippen molar-refractivity contribution in [1.82, 2.24) is 5.32 Å². The Hall–Kier alpha value is -2.04. The van der Waals surface area contributed by atoms with E-state index in [4.69, 9.17) is 4.74 Å². The predicted molar refractivity (Wildman–Crippen MR) is 73.8 cm³/mol. The van der Waals surface area contributed by atoms with E-state index in [9.17, 15) is 14.7 Å². The summed E-state index contributed by atoms with van der Waals surface area (Å²) in [6, 6.07) is 4.90. The van der Waals surface area contributed by atoms with Gasteiger partial charge < -0.3 is 15.2 Å². The van der Waals surface area contributed by atoms with Gasteiger partial charge in [0.1, 0.15) is 5.60 Å². The molecule has 1 aliphatic carbocycles. The third-order valence-electron chi connectivity index (χ3n) is 3.17. The summed E-state index contributed by atoms with van der Waals surface area (Å²) in [5.74, 6) is -0.972. The molecule has 0 aromatic heterocycles. The van der Waals surface area contributed by atoms with Crippen LogP contribution in [0.15, 0.2) is 18.2 Å². The molecule has 0 aliphatic heterocycles. The van der Waals surface area contributed by atoms with Crippen LogP contribution in [0, 0.1) is 0 Å². The first kappa shape index (κ1) is 14.4. The molecule has 0 heterocycles. The van der Waals surface area contributed by atoms with Crippen molar-refractivity contribution in [3.8, 4) is 0 Å². The summed E-state index contributed by atoms with van der Waals surface area (Å²) in [6.45, 7) is 5.37. The maximum atomic E-state index is 11.8. The van der Waals surface area contributed by atoms with E-state index in [2.05, 4.69) is 5.32 Å². The second kappa shape index (κ2) is 5.15. The minimum absolute atomic E-state index is 0.251. The van der Waals surface area contributed by atoms with Gasteiger partial charge in [0.15, 0.2) is 0 Å². The second-order valence-electron chi connectivity index (χ2n) is 5.92. The zero-order valence-electron chi connectivity index (χ0n) is 11.9. The topological polar surface area (TPSA) is 75.6 Å². The Labute approximate surface area is 117 Å². The molecule has 0 bridgehead atoms. The van der Waals surface area contributed by atoms with Crippen LogP contribution >= 0.6 is 0 Å². The molecular weight excluding hydrogens is 258 g/mol. The lowest BCUT2D eigenvalue weighted by Gasteiger charge is -2.22. The van der Waals surface area contributed by atoms with Gasteiger partial charge in [-0.25, -0.2) is 9.59 Å². The van der Waals surface area contributed by atoms with Crippen molar-refractivity contribution in [3.63, 3.8) is 0 Å². The van der Waals surface area contributed by atoms with Gasteiger partial charge in [0, 0.05) is 0 Å². The normalized spacial score (nSPS) is 17.4. The van der Waals surface area contributed by atoms with Crippen molar-refractivity contribution < 1.29 is 19.4 Å². The lowest BCUT2D eigenvalue weighted by Crippen LogP contribution is -2.34. The number of amides is 1. The van der Waals surface area contributed by atoms with Gasteiger partial charge in [0.25, 0.3) is 0 Å². The summed E-state index contributed by atoms with van der Waals surface area (Å²) in [5, 5.41) is 12.0. The fraction of sp³-hybridized carbons (Fsp3) is 0.467. The van der Waals surface area contributed by atoms with E-state index in [1.165, 1.54) is 0 Å². The third kappa shape index (κ3) is 3.10. The summed E-state index contributed by atoms with van der Waals surface area (Å²) < 4.78 is 5.22. The molecule has 1 atom stereocenters. The van der Waals surface area contributed by atoms with E-state index in [1.807, 2.05) is 6.07 Å². The van der Waals surface area contributed by atoms with Gasteiger partial charge in [-0.2, -0.15) is 0 Å².